The first-order valence-electron chi connectivity index (χ1n) is 5.31. The fourth-order valence-electron chi connectivity index (χ4n) is 1.27. The second-order valence-corrected chi connectivity index (χ2v) is 3.73. The van der Waals surface area contributed by atoms with Crippen molar-refractivity contribution < 1.29 is 14.6 Å². The lowest BCUT2D eigenvalue weighted by Crippen LogP contribution is -2.11. The lowest BCUT2D eigenvalue weighted by Gasteiger charge is -2.14. The van der Waals surface area contributed by atoms with Gasteiger partial charge in [0.2, 0.25) is 0 Å². The molecule has 0 fully saturated rings. The summed E-state index contributed by atoms with van der Waals surface area (Å²) >= 11 is 0. The van der Waals surface area contributed by atoms with Crippen molar-refractivity contribution in [2.45, 2.75) is 26.4 Å². The van der Waals surface area contributed by atoms with Gasteiger partial charge in [-0.05, 0) is 26.0 Å². The Labute approximate surface area is 95.2 Å². The number of rotatable bonds is 6. The number of nitrogens with one attached hydrogen (secondary N) is 1. The van der Waals surface area contributed by atoms with Gasteiger partial charge in [-0.15, -0.1) is 0 Å². The molecular weight excluding hydrogens is 206 g/mol. The summed E-state index contributed by atoms with van der Waals surface area (Å²) in [5, 5.41) is 11.6. The molecule has 0 spiro atoms. The van der Waals surface area contributed by atoms with Crippen molar-refractivity contribution in [3.8, 4) is 5.75 Å². The molecule has 0 radical (unpaired) electrons. The molecule has 88 valence electrons. The molecule has 0 aliphatic rings. The second-order valence-electron chi connectivity index (χ2n) is 3.73. The lowest BCUT2D eigenvalue weighted by atomic mass is 10.2. The third-order valence-corrected chi connectivity index (χ3v) is 1.90. The van der Waals surface area contributed by atoms with E-state index in [2.05, 4.69) is 5.32 Å². The van der Waals surface area contributed by atoms with Crippen molar-refractivity contribution in [1.82, 2.24) is 0 Å². The number of anilines is 1. The zero-order chi connectivity index (χ0) is 12.0. The highest BCUT2D eigenvalue weighted by atomic mass is 16.5. The average Bonchev–Trinajstić information content (AvgIpc) is 2.19. The number of hydrogen-bond donors (Lipinski definition) is 2. The van der Waals surface area contributed by atoms with Gasteiger partial charge >= 0.3 is 5.97 Å². The van der Waals surface area contributed by atoms with Gasteiger partial charge in [-0.1, -0.05) is 12.1 Å². The summed E-state index contributed by atoms with van der Waals surface area (Å²) in [7, 11) is 0. The zero-order valence-electron chi connectivity index (χ0n) is 9.56. The first kappa shape index (κ1) is 12.4. The maximum Gasteiger partial charge on any atom is 0.305 e. The van der Waals surface area contributed by atoms with Crippen molar-refractivity contribution >= 4 is 11.7 Å². The van der Waals surface area contributed by atoms with E-state index in [-0.39, 0.29) is 12.5 Å². The minimum atomic E-state index is -0.810. The number of carboxylic acids is 1. The highest BCUT2D eigenvalue weighted by Gasteiger charge is 2.04. The molecule has 4 heteroatoms. The normalized spacial score (nSPS) is 10.2. The molecule has 0 saturated carbocycles. The minimum absolute atomic E-state index is 0.0933. The van der Waals surface area contributed by atoms with E-state index in [4.69, 9.17) is 9.84 Å². The van der Waals surface area contributed by atoms with Gasteiger partial charge in [0.05, 0.1) is 18.2 Å². The van der Waals surface area contributed by atoms with Crippen LogP contribution in [0, 0.1) is 0 Å². The monoisotopic (exact) mass is 223 g/mol. The molecule has 0 atom stereocenters. The van der Waals surface area contributed by atoms with Crippen molar-refractivity contribution in [1.29, 1.82) is 0 Å². The highest BCUT2D eigenvalue weighted by molar-refractivity contribution is 5.68. The Morgan fingerprint density at radius 2 is 2.12 bits per heavy atom. The summed E-state index contributed by atoms with van der Waals surface area (Å²) in [4.78, 5) is 10.4. The number of aliphatic carboxylic acids is 1. The third-order valence-electron chi connectivity index (χ3n) is 1.90. The fourth-order valence-corrected chi connectivity index (χ4v) is 1.27. The Hall–Kier alpha value is -1.71. The molecule has 0 saturated heterocycles. The van der Waals surface area contributed by atoms with Gasteiger partial charge < -0.3 is 15.2 Å². The second kappa shape index (κ2) is 6.00. The molecule has 1 rings (SSSR count). The molecule has 1 aromatic carbocycles. The van der Waals surface area contributed by atoms with E-state index in [0.29, 0.717) is 6.54 Å². The lowest BCUT2D eigenvalue weighted by molar-refractivity contribution is -0.136. The van der Waals surface area contributed by atoms with Crippen LogP contribution in [-0.2, 0) is 4.79 Å². The van der Waals surface area contributed by atoms with E-state index >= 15 is 0 Å². The number of ether oxygens (including phenoxy) is 1. The summed E-state index contributed by atoms with van der Waals surface area (Å²) in [6.07, 6.45) is 0.193. The van der Waals surface area contributed by atoms with Crippen LogP contribution in [0.25, 0.3) is 0 Å². The number of para-hydroxylation sites is 2. The zero-order valence-corrected chi connectivity index (χ0v) is 9.56. The average molecular weight is 223 g/mol. The maximum absolute atomic E-state index is 10.4. The molecule has 0 aromatic heterocycles. The molecule has 0 unspecified atom stereocenters. The van der Waals surface area contributed by atoms with Crippen LogP contribution in [0.15, 0.2) is 24.3 Å². The molecule has 0 heterocycles. The molecule has 16 heavy (non-hydrogen) atoms. The number of benzene rings is 1. The van der Waals surface area contributed by atoms with Crippen molar-refractivity contribution in [2.24, 2.45) is 0 Å². The van der Waals surface area contributed by atoms with Gasteiger partial charge in [-0.2, -0.15) is 0 Å². The van der Waals surface area contributed by atoms with Crippen molar-refractivity contribution in [3.63, 3.8) is 0 Å². The maximum atomic E-state index is 10.4. The van der Waals surface area contributed by atoms with Gasteiger partial charge in [0.1, 0.15) is 5.75 Å². The smallest absolute Gasteiger partial charge is 0.305 e. The summed E-state index contributed by atoms with van der Waals surface area (Å²) in [6, 6.07) is 7.51. The summed E-state index contributed by atoms with van der Waals surface area (Å²) in [5.41, 5.74) is 0.831. The fraction of sp³-hybridized carbons (Fsp3) is 0.417. The number of carbonyl (C=O) groups is 1. The standard InChI is InChI=1S/C12H17NO3/c1-9(2)16-11-6-4-3-5-10(11)13-8-7-12(14)15/h3-6,9,13H,7-8H2,1-2H3,(H,14,15). The molecule has 0 amide bonds. The topological polar surface area (TPSA) is 58.6 Å². The van der Waals surface area contributed by atoms with E-state index in [0.717, 1.165) is 11.4 Å². The van der Waals surface area contributed by atoms with E-state index in [1.165, 1.54) is 0 Å². The SMILES string of the molecule is CC(C)Oc1ccccc1NCCC(=O)O. The minimum Gasteiger partial charge on any atom is -0.489 e. The molecular formula is C12H17NO3. The van der Waals surface area contributed by atoms with E-state index < -0.39 is 5.97 Å². The highest BCUT2D eigenvalue weighted by Crippen LogP contribution is 2.24. The van der Waals surface area contributed by atoms with Gasteiger partial charge in [0.15, 0.2) is 0 Å². The van der Waals surface area contributed by atoms with Gasteiger partial charge in [0, 0.05) is 6.54 Å². The molecule has 2 N–H and O–H groups in total. The largest absolute Gasteiger partial charge is 0.489 e. The Bertz CT molecular complexity index is 350. The summed E-state index contributed by atoms with van der Waals surface area (Å²) in [6.45, 7) is 4.30. The molecule has 0 aliphatic heterocycles. The number of hydrogen-bond acceptors (Lipinski definition) is 3. The molecule has 4 nitrogen and oxygen atoms in total. The van der Waals surface area contributed by atoms with Gasteiger partial charge in [0.25, 0.3) is 0 Å². The Balaban J connectivity index is 2.60. The van der Waals surface area contributed by atoms with Crippen molar-refractivity contribution in [3.05, 3.63) is 24.3 Å². The van der Waals surface area contributed by atoms with Crippen LogP contribution >= 0.6 is 0 Å². The molecule has 1 aromatic rings. The molecule has 0 bridgehead atoms. The Morgan fingerprint density at radius 3 is 2.75 bits per heavy atom. The van der Waals surface area contributed by atoms with Crippen LogP contribution in [0.3, 0.4) is 0 Å². The van der Waals surface area contributed by atoms with E-state index in [1.54, 1.807) is 0 Å². The summed E-state index contributed by atoms with van der Waals surface area (Å²) in [5.74, 6) is -0.0577. The van der Waals surface area contributed by atoms with Crippen LogP contribution in [0.2, 0.25) is 0 Å². The third kappa shape index (κ3) is 4.21. The Kier molecular flexibility index (Phi) is 4.64. The van der Waals surface area contributed by atoms with Gasteiger partial charge in [-0.25, -0.2) is 0 Å². The van der Waals surface area contributed by atoms with Crippen LogP contribution in [-0.4, -0.2) is 23.7 Å². The van der Waals surface area contributed by atoms with Crippen LogP contribution in [0.5, 0.6) is 5.75 Å². The van der Waals surface area contributed by atoms with E-state index in [9.17, 15) is 4.79 Å². The predicted octanol–water partition coefficient (Wildman–Crippen LogP) is 2.36. The van der Waals surface area contributed by atoms with Gasteiger partial charge in [-0.3, -0.25) is 4.79 Å². The molecule has 0 aliphatic carbocycles. The first-order chi connectivity index (χ1) is 7.59. The van der Waals surface area contributed by atoms with Crippen LogP contribution < -0.4 is 10.1 Å². The predicted molar refractivity (Wildman–Crippen MR) is 62.9 cm³/mol. The first-order valence-corrected chi connectivity index (χ1v) is 5.31. The van der Waals surface area contributed by atoms with Crippen molar-refractivity contribution in [2.75, 3.05) is 11.9 Å². The van der Waals surface area contributed by atoms with E-state index in [1.807, 2.05) is 38.1 Å². The quantitative estimate of drug-likeness (QED) is 0.777. The Morgan fingerprint density at radius 1 is 1.44 bits per heavy atom. The van der Waals surface area contributed by atoms with Crippen LogP contribution in [0.4, 0.5) is 5.69 Å². The number of carboxylic acid groups (broad SMARTS) is 1. The van der Waals surface area contributed by atoms with Crippen LogP contribution in [0.1, 0.15) is 20.3 Å². The summed E-state index contributed by atoms with van der Waals surface area (Å²) < 4.78 is 5.59.